The van der Waals surface area contributed by atoms with Gasteiger partial charge in [-0.15, -0.1) is 11.3 Å². The van der Waals surface area contributed by atoms with Crippen LogP contribution < -0.4 is 0 Å². The predicted octanol–water partition coefficient (Wildman–Crippen LogP) is 17.2. The van der Waals surface area contributed by atoms with Crippen molar-refractivity contribution in [2.45, 2.75) is 0 Å². The topological polar surface area (TPSA) is 13.1 Å². The third-order valence-electron chi connectivity index (χ3n) is 12.6. The van der Waals surface area contributed by atoms with Gasteiger partial charge in [-0.25, -0.2) is 0 Å². The van der Waals surface area contributed by atoms with Gasteiger partial charge in [0.05, 0.1) is 0 Å². The first-order valence-corrected chi connectivity index (χ1v) is 21.4. The molecule has 0 unspecified atom stereocenters. The highest BCUT2D eigenvalue weighted by atomic mass is 32.1. The fourth-order valence-corrected chi connectivity index (χ4v) is 11.3. The minimum atomic E-state index is 0.912. The van der Waals surface area contributed by atoms with Gasteiger partial charge >= 0.3 is 0 Å². The summed E-state index contributed by atoms with van der Waals surface area (Å²) in [6, 6.07) is 75.7. The number of hydrogen-bond acceptors (Lipinski definition) is 2. The molecular formula is C58H34OS. The van der Waals surface area contributed by atoms with Crippen LogP contribution in [0.3, 0.4) is 0 Å². The normalized spacial score (nSPS) is 12.0. The summed E-state index contributed by atoms with van der Waals surface area (Å²) in [5.74, 6) is 0. The third kappa shape index (κ3) is 4.86. The van der Waals surface area contributed by atoms with Gasteiger partial charge in [0.15, 0.2) is 0 Å². The van der Waals surface area contributed by atoms with Crippen LogP contribution in [-0.2, 0) is 0 Å². The molecule has 0 spiro atoms. The molecule has 0 aliphatic heterocycles. The van der Waals surface area contributed by atoms with Crippen molar-refractivity contribution in [2.24, 2.45) is 0 Å². The van der Waals surface area contributed by atoms with Gasteiger partial charge in [-0.2, -0.15) is 0 Å². The lowest BCUT2D eigenvalue weighted by Gasteiger charge is -2.18. The van der Waals surface area contributed by atoms with Gasteiger partial charge in [-0.3, -0.25) is 0 Å². The van der Waals surface area contributed by atoms with E-state index in [4.69, 9.17) is 4.42 Å². The maximum Gasteiger partial charge on any atom is 0.135 e. The molecule has 2 heteroatoms. The zero-order valence-corrected chi connectivity index (χ0v) is 33.3. The number of hydrogen-bond donors (Lipinski definition) is 0. The summed E-state index contributed by atoms with van der Waals surface area (Å²) in [6.45, 7) is 0. The van der Waals surface area contributed by atoms with Crippen molar-refractivity contribution in [3.63, 3.8) is 0 Å². The third-order valence-corrected chi connectivity index (χ3v) is 13.9. The van der Waals surface area contributed by atoms with E-state index in [1.165, 1.54) is 108 Å². The van der Waals surface area contributed by atoms with Gasteiger partial charge in [0.2, 0.25) is 0 Å². The first-order chi connectivity index (χ1) is 29.8. The van der Waals surface area contributed by atoms with E-state index in [0.29, 0.717) is 0 Å². The Bertz CT molecular complexity index is 3770. The number of benzene rings is 11. The molecule has 0 N–H and O–H groups in total. The molecule has 13 rings (SSSR count). The molecule has 1 nitrogen and oxygen atoms in total. The van der Waals surface area contributed by atoms with Crippen molar-refractivity contribution in [2.75, 3.05) is 0 Å². The number of thiophene rings is 1. The Kier molecular flexibility index (Phi) is 7.24. The van der Waals surface area contributed by atoms with Gasteiger partial charge in [-0.05, 0) is 112 Å². The van der Waals surface area contributed by atoms with Gasteiger partial charge < -0.3 is 4.42 Å². The first-order valence-electron chi connectivity index (χ1n) is 20.6. The molecule has 11 aromatic carbocycles. The number of rotatable bonds is 4. The number of furan rings is 1. The molecule has 0 saturated carbocycles. The van der Waals surface area contributed by atoms with E-state index in [0.717, 1.165) is 21.9 Å². The van der Waals surface area contributed by atoms with Crippen LogP contribution in [0.4, 0.5) is 0 Å². The van der Waals surface area contributed by atoms with Gasteiger partial charge in [-0.1, -0.05) is 176 Å². The molecule has 2 heterocycles. The van der Waals surface area contributed by atoms with Crippen LogP contribution in [0.15, 0.2) is 211 Å². The lowest BCUT2D eigenvalue weighted by atomic mass is 9.85. The Balaban J connectivity index is 1.04. The van der Waals surface area contributed by atoms with Crippen LogP contribution in [0, 0.1) is 0 Å². The van der Waals surface area contributed by atoms with Crippen molar-refractivity contribution in [3.8, 4) is 44.5 Å². The molecule has 2 aromatic heterocycles. The smallest absolute Gasteiger partial charge is 0.135 e. The first kappa shape index (κ1) is 33.5. The van der Waals surface area contributed by atoms with Crippen LogP contribution in [-0.4, -0.2) is 0 Å². The second-order valence-corrected chi connectivity index (χ2v) is 16.9. The Labute approximate surface area is 350 Å². The minimum absolute atomic E-state index is 0.912. The summed E-state index contributed by atoms with van der Waals surface area (Å²) in [5, 5.41) is 15.0. The molecule has 0 amide bonds. The van der Waals surface area contributed by atoms with Crippen molar-refractivity contribution >= 4 is 96.5 Å². The molecule has 0 atom stereocenters. The molecular weight excluding hydrogens is 745 g/mol. The maximum atomic E-state index is 6.25. The molecule has 60 heavy (non-hydrogen) atoms. The van der Waals surface area contributed by atoms with Crippen molar-refractivity contribution < 1.29 is 4.42 Å². The maximum absolute atomic E-state index is 6.25. The molecule has 13 aromatic rings. The highest BCUT2D eigenvalue weighted by molar-refractivity contribution is 7.26. The quantitative estimate of drug-likeness (QED) is 0.162. The monoisotopic (exact) mass is 778 g/mol. The lowest BCUT2D eigenvalue weighted by Crippen LogP contribution is -1.91. The number of para-hydroxylation sites is 1. The van der Waals surface area contributed by atoms with Gasteiger partial charge in [0.25, 0.3) is 0 Å². The van der Waals surface area contributed by atoms with E-state index >= 15 is 0 Å². The van der Waals surface area contributed by atoms with E-state index in [-0.39, 0.29) is 0 Å². The highest BCUT2D eigenvalue weighted by Crippen LogP contribution is 2.50. The Morgan fingerprint density at radius 2 is 0.700 bits per heavy atom. The van der Waals surface area contributed by atoms with Gasteiger partial charge in [0, 0.05) is 36.5 Å². The Morgan fingerprint density at radius 1 is 0.267 bits per heavy atom. The molecule has 0 bridgehead atoms. The largest absolute Gasteiger partial charge is 0.456 e. The van der Waals surface area contributed by atoms with Crippen LogP contribution in [0.1, 0.15) is 0 Å². The summed E-state index contributed by atoms with van der Waals surface area (Å²) in [6.07, 6.45) is 0. The van der Waals surface area contributed by atoms with E-state index in [9.17, 15) is 0 Å². The van der Waals surface area contributed by atoms with E-state index in [1.807, 2.05) is 17.4 Å². The van der Waals surface area contributed by atoms with Crippen molar-refractivity contribution in [3.05, 3.63) is 206 Å². The number of fused-ring (bicyclic) bond motifs is 10. The second-order valence-electron chi connectivity index (χ2n) is 15.9. The highest BCUT2D eigenvalue weighted by Gasteiger charge is 2.21. The predicted molar refractivity (Wildman–Crippen MR) is 258 cm³/mol. The van der Waals surface area contributed by atoms with Crippen LogP contribution >= 0.6 is 11.3 Å². The fourth-order valence-electron chi connectivity index (χ4n) is 10.1. The van der Waals surface area contributed by atoms with Crippen LogP contribution in [0.25, 0.3) is 130 Å². The molecule has 0 saturated heterocycles. The second kappa shape index (κ2) is 13.0. The van der Waals surface area contributed by atoms with Crippen LogP contribution in [0.2, 0.25) is 0 Å². The average Bonchev–Trinajstić information content (AvgIpc) is 3.88. The Hall–Kier alpha value is -7.52. The van der Waals surface area contributed by atoms with Crippen LogP contribution in [0.5, 0.6) is 0 Å². The summed E-state index contributed by atoms with van der Waals surface area (Å²) in [7, 11) is 0. The Morgan fingerprint density at radius 3 is 1.28 bits per heavy atom. The lowest BCUT2D eigenvalue weighted by molar-refractivity contribution is 0.669. The van der Waals surface area contributed by atoms with Gasteiger partial charge in [0.1, 0.15) is 11.2 Å². The standard InChI is InChI=1S/C58H34OS/c1-2-15-35(16-3-1)54-43-22-8-10-24-45(43)57(46-25-11-9-23-44(46)54)48-27-14-26-47-50-34-37(30-32-53(50)60-58(47)48)56-41-20-6-4-18-39(41)55(40-19-5-7-21-42(40)56)36-29-31-52-49(33-36)38-17-12-13-28-51(38)59-52/h1-34H. The summed E-state index contributed by atoms with van der Waals surface area (Å²) < 4.78 is 8.86. The SMILES string of the molecule is c1ccc(-c2c3ccccc3c(-c3cccc4c3sc3ccc(-c5c6ccccc6c(-c6ccc7oc8ccccc8c7c6)c6ccccc56)cc34)c3ccccc23)cc1. The molecule has 0 aliphatic rings. The average molecular weight is 779 g/mol. The van der Waals surface area contributed by atoms with E-state index < -0.39 is 0 Å². The van der Waals surface area contributed by atoms with E-state index in [2.05, 4.69) is 200 Å². The zero-order chi connectivity index (χ0) is 39.3. The fraction of sp³-hybridized carbons (Fsp3) is 0. The summed E-state index contributed by atoms with van der Waals surface area (Å²) >= 11 is 1.91. The van der Waals surface area contributed by atoms with E-state index in [1.54, 1.807) is 0 Å². The van der Waals surface area contributed by atoms with Crippen molar-refractivity contribution in [1.29, 1.82) is 0 Å². The zero-order valence-electron chi connectivity index (χ0n) is 32.4. The van der Waals surface area contributed by atoms with Crippen molar-refractivity contribution in [1.82, 2.24) is 0 Å². The molecule has 0 aliphatic carbocycles. The molecule has 278 valence electrons. The molecule has 0 radical (unpaired) electrons. The summed E-state index contributed by atoms with van der Waals surface area (Å²) in [5.41, 5.74) is 11.9. The molecule has 0 fully saturated rings. The summed E-state index contributed by atoms with van der Waals surface area (Å²) in [4.78, 5) is 0. The minimum Gasteiger partial charge on any atom is -0.456 e.